The Morgan fingerprint density at radius 2 is 2.07 bits per heavy atom. The van der Waals surface area contributed by atoms with Gasteiger partial charge in [0.2, 0.25) is 0 Å². The number of rotatable bonds is 4. The first kappa shape index (κ1) is 17.7. The lowest BCUT2D eigenvalue weighted by molar-refractivity contribution is 0.547. The first-order valence-electron chi connectivity index (χ1n) is 9.38. The summed E-state index contributed by atoms with van der Waals surface area (Å²) in [6.07, 6.45) is 1.57. The topological polar surface area (TPSA) is 97.2 Å². The normalized spacial score (nSPS) is 11.8. The van der Waals surface area contributed by atoms with E-state index in [1.54, 1.807) is 11.8 Å². The van der Waals surface area contributed by atoms with Crippen LogP contribution in [0.1, 0.15) is 25.5 Å². The number of aromatic amines is 1. The number of nitrogens with one attached hydrogen (secondary N) is 2. The van der Waals surface area contributed by atoms with Crippen LogP contribution in [0.5, 0.6) is 0 Å². The lowest BCUT2D eigenvalue weighted by Gasteiger charge is -2.06. The molecule has 0 aliphatic carbocycles. The van der Waals surface area contributed by atoms with Crippen LogP contribution in [0.2, 0.25) is 0 Å². The quantitative estimate of drug-likeness (QED) is 0.460. The molecule has 0 bridgehead atoms. The molecule has 5 aromatic rings. The summed E-state index contributed by atoms with van der Waals surface area (Å²) in [7, 11) is 1.87. The van der Waals surface area contributed by atoms with Gasteiger partial charge in [0, 0.05) is 29.6 Å². The van der Waals surface area contributed by atoms with Gasteiger partial charge < -0.3 is 10.3 Å². The molecule has 0 amide bonds. The van der Waals surface area contributed by atoms with Gasteiger partial charge >= 0.3 is 0 Å². The second kappa shape index (κ2) is 6.63. The maximum Gasteiger partial charge on any atom is 0.164 e. The molecule has 0 fully saturated rings. The van der Waals surface area contributed by atoms with Crippen LogP contribution in [-0.2, 0) is 0 Å². The number of nitrogens with zero attached hydrogens (tertiary/aromatic N) is 6. The fourth-order valence-electron chi connectivity index (χ4n) is 3.70. The van der Waals surface area contributed by atoms with Crippen LogP contribution in [0.3, 0.4) is 0 Å². The minimum Gasteiger partial charge on any atom is -0.372 e. The number of anilines is 1. The summed E-state index contributed by atoms with van der Waals surface area (Å²) in [4.78, 5) is 12.5. The number of benzene rings is 1. The monoisotopic (exact) mass is 404 g/mol. The zero-order chi connectivity index (χ0) is 20.1. The SMILES string of the molecule is CNc1ncnc2c1c(-c1[nH]c3cc(-c4nncs4)ccc3c1C)nn2C(C)C. The highest BCUT2D eigenvalue weighted by Gasteiger charge is 2.22. The lowest BCUT2D eigenvalue weighted by Crippen LogP contribution is -2.04. The molecule has 0 aliphatic heterocycles. The minimum absolute atomic E-state index is 0.180. The standard InChI is InChI=1S/C20H20N8S/c1-10(2)28-19-15(18(21-4)22-8-23-19)17(27-28)16-11(3)13-6-5-12(7-14(13)25-16)20-26-24-9-29-20/h5-10,25H,1-4H3,(H,21,22,23). The molecule has 2 N–H and O–H groups in total. The lowest BCUT2D eigenvalue weighted by atomic mass is 10.1. The van der Waals surface area contributed by atoms with Gasteiger partial charge in [-0.05, 0) is 32.4 Å². The van der Waals surface area contributed by atoms with E-state index in [1.807, 2.05) is 11.7 Å². The molecule has 4 heterocycles. The van der Waals surface area contributed by atoms with E-state index in [0.717, 1.165) is 55.3 Å². The van der Waals surface area contributed by atoms with Crippen LogP contribution in [0, 0.1) is 6.92 Å². The average Bonchev–Trinajstić information content (AvgIpc) is 3.45. The molecule has 1 aromatic carbocycles. The summed E-state index contributed by atoms with van der Waals surface area (Å²) < 4.78 is 1.95. The third-order valence-corrected chi connectivity index (χ3v) is 5.86. The fourth-order valence-corrected chi connectivity index (χ4v) is 4.26. The molecular formula is C20H20N8S. The van der Waals surface area contributed by atoms with Crippen LogP contribution in [-0.4, -0.2) is 42.0 Å². The Morgan fingerprint density at radius 1 is 1.21 bits per heavy atom. The highest BCUT2D eigenvalue weighted by atomic mass is 32.1. The molecule has 5 rings (SSSR count). The first-order chi connectivity index (χ1) is 14.1. The fraction of sp³-hybridized carbons (Fsp3) is 0.250. The van der Waals surface area contributed by atoms with E-state index in [4.69, 9.17) is 5.10 Å². The Kier molecular flexibility index (Phi) is 4.06. The summed E-state index contributed by atoms with van der Waals surface area (Å²) in [6, 6.07) is 6.50. The van der Waals surface area contributed by atoms with Crippen molar-refractivity contribution < 1.29 is 0 Å². The van der Waals surface area contributed by atoms with Crippen molar-refractivity contribution in [1.82, 2.24) is 34.9 Å². The van der Waals surface area contributed by atoms with Crippen LogP contribution in [0.25, 0.3) is 43.9 Å². The van der Waals surface area contributed by atoms with E-state index in [0.29, 0.717) is 0 Å². The molecule has 0 saturated carbocycles. The van der Waals surface area contributed by atoms with E-state index in [1.165, 1.54) is 11.3 Å². The molecule has 0 spiro atoms. The molecule has 0 saturated heterocycles. The van der Waals surface area contributed by atoms with Crippen LogP contribution < -0.4 is 5.32 Å². The molecule has 29 heavy (non-hydrogen) atoms. The molecule has 146 valence electrons. The Labute approximate surface area is 171 Å². The van der Waals surface area contributed by atoms with Gasteiger partial charge in [-0.2, -0.15) is 5.10 Å². The molecule has 8 nitrogen and oxygen atoms in total. The number of fused-ring (bicyclic) bond motifs is 2. The minimum atomic E-state index is 0.180. The predicted octanol–water partition coefficient (Wildman–Crippen LogP) is 4.42. The summed E-state index contributed by atoms with van der Waals surface area (Å²) >= 11 is 1.53. The van der Waals surface area contributed by atoms with E-state index in [-0.39, 0.29) is 6.04 Å². The number of H-pyrrole nitrogens is 1. The first-order valence-corrected chi connectivity index (χ1v) is 10.3. The van der Waals surface area contributed by atoms with Crippen molar-refractivity contribution in [2.24, 2.45) is 0 Å². The largest absolute Gasteiger partial charge is 0.372 e. The number of aromatic nitrogens is 7. The Balaban J connectivity index is 1.77. The molecule has 4 aromatic heterocycles. The maximum atomic E-state index is 4.92. The zero-order valence-electron chi connectivity index (χ0n) is 16.6. The van der Waals surface area contributed by atoms with Crippen molar-refractivity contribution in [3.8, 4) is 22.0 Å². The van der Waals surface area contributed by atoms with Gasteiger partial charge in [-0.3, -0.25) is 0 Å². The van der Waals surface area contributed by atoms with Gasteiger partial charge in [0.1, 0.15) is 28.4 Å². The van der Waals surface area contributed by atoms with Gasteiger partial charge in [-0.15, -0.1) is 10.2 Å². The number of aryl methyl sites for hydroxylation is 1. The number of hydrogen-bond acceptors (Lipinski definition) is 7. The Hall–Kier alpha value is -3.33. The Bertz CT molecular complexity index is 1330. The van der Waals surface area contributed by atoms with Crippen molar-refractivity contribution in [2.45, 2.75) is 26.8 Å². The van der Waals surface area contributed by atoms with Gasteiger partial charge in [0.05, 0.1) is 11.1 Å². The average molecular weight is 405 g/mol. The molecule has 9 heteroatoms. The molecular weight excluding hydrogens is 384 g/mol. The van der Waals surface area contributed by atoms with Crippen LogP contribution in [0.15, 0.2) is 30.0 Å². The van der Waals surface area contributed by atoms with E-state index in [2.05, 4.69) is 69.4 Å². The smallest absolute Gasteiger partial charge is 0.164 e. The maximum absolute atomic E-state index is 4.92. The highest BCUT2D eigenvalue weighted by Crippen LogP contribution is 2.37. The Morgan fingerprint density at radius 3 is 2.79 bits per heavy atom. The zero-order valence-corrected chi connectivity index (χ0v) is 17.4. The molecule has 0 unspecified atom stereocenters. The van der Waals surface area contributed by atoms with Gasteiger partial charge in [0.25, 0.3) is 0 Å². The number of hydrogen-bond donors (Lipinski definition) is 2. The van der Waals surface area contributed by atoms with Crippen molar-refractivity contribution >= 4 is 39.1 Å². The third-order valence-electron chi connectivity index (χ3n) is 5.12. The summed E-state index contributed by atoms with van der Waals surface area (Å²) in [5.41, 5.74) is 7.63. The van der Waals surface area contributed by atoms with E-state index >= 15 is 0 Å². The van der Waals surface area contributed by atoms with Gasteiger partial charge in [-0.1, -0.05) is 23.5 Å². The second-order valence-corrected chi connectivity index (χ2v) is 8.02. The predicted molar refractivity (Wildman–Crippen MR) is 116 cm³/mol. The van der Waals surface area contributed by atoms with Crippen molar-refractivity contribution in [2.75, 3.05) is 12.4 Å². The van der Waals surface area contributed by atoms with Gasteiger partial charge in [-0.25, -0.2) is 14.6 Å². The highest BCUT2D eigenvalue weighted by molar-refractivity contribution is 7.12. The van der Waals surface area contributed by atoms with E-state index < -0.39 is 0 Å². The second-order valence-electron chi connectivity index (χ2n) is 7.19. The van der Waals surface area contributed by atoms with Crippen LogP contribution >= 0.6 is 11.3 Å². The molecule has 0 aliphatic rings. The van der Waals surface area contributed by atoms with Gasteiger partial charge in [0.15, 0.2) is 5.65 Å². The van der Waals surface area contributed by atoms with Crippen molar-refractivity contribution in [3.63, 3.8) is 0 Å². The third kappa shape index (κ3) is 2.69. The summed E-state index contributed by atoms with van der Waals surface area (Å²) in [5.74, 6) is 0.768. The molecule has 0 atom stereocenters. The van der Waals surface area contributed by atoms with Crippen molar-refractivity contribution in [3.05, 3.63) is 35.6 Å². The molecule has 0 radical (unpaired) electrons. The van der Waals surface area contributed by atoms with Crippen LogP contribution in [0.4, 0.5) is 5.82 Å². The summed E-state index contributed by atoms with van der Waals surface area (Å²) in [5, 5.41) is 19.2. The summed E-state index contributed by atoms with van der Waals surface area (Å²) in [6.45, 7) is 6.31. The van der Waals surface area contributed by atoms with Crippen molar-refractivity contribution in [1.29, 1.82) is 0 Å². The van der Waals surface area contributed by atoms with E-state index in [9.17, 15) is 0 Å².